The standard InChI is InChI=1S/C19H17F3N2O4S2.ClH/c1-23-12-14-10-18(15-6-3-2-4-7-15)24(13-14)30(27,28)17-9-5-8-16(11-17)29(25,26)19(20,21)22;/h2-11,13,23H,12H2,1H3;1H. The van der Waals surface area contributed by atoms with Crippen LogP contribution in [0.5, 0.6) is 0 Å². The molecular formula is C19H18ClF3N2O4S2. The van der Waals surface area contributed by atoms with Crippen molar-refractivity contribution in [3.05, 3.63) is 72.4 Å². The lowest BCUT2D eigenvalue weighted by atomic mass is 10.1. The summed E-state index contributed by atoms with van der Waals surface area (Å²) in [6, 6.07) is 13.5. The number of nitrogens with zero attached hydrogens (tertiary/aromatic N) is 1. The molecular weight excluding hydrogens is 477 g/mol. The number of benzene rings is 2. The van der Waals surface area contributed by atoms with Gasteiger partial charge in [0.1, 0.15) is 0 Å². The first-order valence-corrected chi connectivity index (χ1v) is 11.5. The molecule has 1 aromatic heterocycles. The topological polar surface area (TPSA) is 85.2 Å². The van der Waals surface area contributed by atoms with E-state index in [-0.39, 0.29) is 12.4 Å². The fourth-order valence-corrected chi connectivity index (χ4v) is 5.19. The van der Waals surface area contributed by atoms with E-state index >= 15 is 0 Å². The molecule has 0 fully saturated rings. The number of hydrogen-bond donors (Lipinski definition) is 1. The van der Waals surface area contributed by atoms with Crippen molar-refractivity contribution < 1.29 is 30.0 Å². The molecule has 3 rings (SSSR count). The fourth-order valence-electron chi connectivity index (χ4n) is 2.86. The molecule has 1 heterocycles. The van der Waals surface area contributed by atoms with E-state index in [1.54, 1.807) is 43.4 Å². The maximum atomic E-state index is 13.2. The van der Waals surface area contributed by atoms with E-state index in [1.807, 2.05) is 0 Å². The molecule has 0 aliphatic heterocycles. The highest BCUT2D eigenvalue weighted by atomic mass is 35.5. The van der Waals surface area contributed by atoms with Crippen LogP contribution in [0.25, 0.3) is 11.3 Å². The van der Waals surface area contributed by atoms with Crippen LogP contribution in [0.15, 0.2) is 76.7 Å². The molecule has 12 heteroatoms. The van der Waals surface area contributed by atoms with Gasteiger partial charge in [-0.3, -0.25) is 0 Å². The van der Waals surface area contributed by atoms with Crippen LogP contribution >= 0.6 is 12.4 Å². The average molecular weight is 495 g/mol. The molecule has 2 aromatic carbocycles. The summed E-state index contributed by atoms with van der Waals surface area (Å²) in [5.41, 5.74) is -4.05. The van der Waals surface area contributed by atoms with Crippen molar-refractivity contribution in [3.63, 3.8) is 0 Å². The number of nitrogens with one attached hydrogen (secondary N) is 1. The third-order valence-electron chi connectivity index (χ3n) is 4.27. The summed E-state index contributed by atoms with van der Waals surface area (Å²) < 4.78 is 89.5. The zero-order valence-electron chi connectivity index (χ0n) is 16.0. The first-order chi connectivity index (χ1) is 14.0. The Bertz CT molecular complexity index is 1270. The summed E-state index contributed by atoms with van der Waals surface area (Å²) >= 11 is 0. The summed E-state index contributed by atoms with van der Waals surface area (Å²) in [5.74, 6) is 0. The fraction of sp³-hybridized carbons (Fsp3) is 0.158. The number of aromatic nitrogens is 1. The summed E-state index contributed by atoms with van der Waals surface area (Å²) in [4.78, 5) is -1.71. The second kappa shape index (κ2) is 9.03. The molecule has 0 unspecified atom stereocenters. The molecule has 3 aromatic rings. The number of rotatable bonds is 6. The van der Waals surface area contributed by atoms with E-state index in [4.69, 9.17) is 0 Å². The Morgan fingerprint density at radius 3 is 2.10 bits per heavy atom. The molecule has 0 saturated heterocycles. The van der Waals surface area contributed by atoms with Crippen molar-refractivity contribution in [2.24, 2.45) is 0 Å². The van der Waals surface area contributed by atoms with Crippen molar-refractivity contribution in [2.45, 2.75) is 21.8 Å². The normalized spacial score (nSPS) is 12.4. The summed E-state index contributed by atoms with van der Waals surface area (Å²) in [5, 5.41) is 2.90. The molecule has 168 valence electrons. The predicted octanol–water partition coefficient (Wildman–Crippen LogP) is 3.83. The van der Waals surface area contributed by atoms with Crippen LogP contribution in [0, 0.1) is 0 Å². The Morgan fingerprint density at radius 2 is 1.52 bits per heavy atom. The lowest BCUT2D eigenvalue weighted by Gasteiger charge is -2.13. The number of hydrogen-bond acceptors (Lipinski definition) is 5. The van der Waals surface area contributed by atoms with Crippen molar-refractivity contribution >= 4 is 32.3 Å². The van der Waals surface area contributed by atoms with Gasteiger partial charge in [-0.05, 0) is 42.4 Å². The van der Waals surface area contributed by atoms with Gasteiger partial charge >= 0.3 is 5.51 Å². The molecule has 31 heavy (non-hydrogen) atoms. The predicted molar refractivity (Wildman–Crippen MR) is 112 cm³/mol. The first kappa shape index (κ1) is 24.9. The number of halogens is 4. The summed E-state index contributed by atoms with van der Waals surface area (Å²) in [7, 11) is -8.40. The third kappa shape index (κ3) is 4.79. The van der Waals surface area contributed by atoms with Gasteiger partial charge in [0.25, 0.3) is 19.9 Å². The zero-order valence-corrected chi connectivity index (χ0v) is 18.4. The Labute approximate surface area is 184 Å². The highest BCUT2D eigenvalue weighted by Crippen LogP contribution is 2.32. The van der Waals surface area contributed by atoms with Gasteiger partial charge in [-0.25, -0.2) is 20.8 Å². The van der Waals surface area contributed by atoms with E-state index in [0.29, 0.717) is 35.5 Å². The smallest absolute Gasteiger partial charge is 0.316 e. The Balaban J connectivity index is 0.00000341. The van der Waals surface area contributed by atoms with E-state index in [1.165, 1.54) is 6.20 Å². The lowest BCUT2D eigenvalue weighted by molar-refractivity contribution is -0.0436. The minimum Gasteiger partial charge on any atom is -0.316 e. The Kier molecular flexibility index (Phi) is 7.26. The van der Waals surface area contributed by atoms with Crippen LogP contribution in [0.3, 0.4) is 0 Å². The van der Waals surface area contributed by atoms with Gasteiger partial charge in [-0.2, -0.15) is 13.2 Å². The van der Waals surface area contributed by atoms with E-state index in [9.17, 15) is 30.0 Å². The van der Waals surface area contributed by atoms with Crippen LogP contribution in [-0.2, 0) is 26.4 Å². The van der Waals surface area contributed by atoms with Gasteiger partial charge in [0, 0.05) is 12.7 Å². The van der Waals surface area contributed by atoms with Crippen molar-refractivity contribution in [1.29, 1.82) is 0 Å². The lowest BCUT2D eigenvalue weighted by Crippen LogP contribution is -2.23. The van der Waals surface area contributed by atoms with Crippen molar-refractivity contribution in [3.8, 4) is 11.3 Å². The molecule has 0 saturated carbocycles. The molecule has 0 bridgehead atoms. The molecule has 0 aliphatic carbocycles. The monoisotopic (exact) mass is 494 g/mol. The van der Waals surface area contributed by atoms with Gasteiger partial charge in [-0.15, -0.1) is 12.4 Å². The molecule has 0 radical (unpaired) electrons. The third-order valence-corrected chi connectivity index (χ3v) is 7.42. The van der Waals surface area contributed by atoms with E-state index in [2.05, 4.69) is 5.32 Å². The largest absolute Gasteiger partial charge is 0.501 e. The van der Waals surface area contributed by atoms with Crippen LogP contribution in [0.4, 0.5) is 13.2 Å². The number of sulfone groups is 1. The van der Waals surface area contributed by atoms with Gasteiger partial charge in [-0.1, -0.05) is 36.4 Å². The van der Waals surface area contributed by atoms with Crippen molar-refractivity contribution in [2.75, 3.05) is 7.05 Å². The van der Waals surface area contributed by atoms with Crippen LogP contribution in [0.2, 0.25) is 0 Å². The SMILES string of the molecule is CNCc1cc(-c2ccccc2)n(S(=O)(=O)c2cccc(S(=O)(=O)C(F)(F)F)c2)c1.Cl. The second-order valence-electron chi connectivity index (χ2n) is 6.35. The van der Waals surface area contributed by atoms with E-state index < -0.39 is 35.2 Å². The van der Waals surface area contributed by atoms with Gasteiger partial charge in [0.2, 0.25) is 0 Å². The van der Waals surface area contributed by atoms with Crippen LogP contribution < -0.4 is 5.32 Å². The minimum atomic E-state index is -5.69. The zero-order chi connectivity index (χ0) is 22.2. The first-order valence-electron chi connectivity index (χ1n) is 8.57. The van der Waals surface area contributed by atoms with Gasteiger partial charge in [0.05, 0.1) is 15.5 Å². The maximum Gasteiger partial charge on any atom is 0.501 e. The molecule has 0 amide bonds. The molecule has 1 N–H and O–H groups in total. The maximum absolute atomic E-state index is 13.2. The summed E-state index contributed by atoms with van der Waals surface area (Å²) in [6.45, 7) is 0.352. The van der Waals surface area contributed by atoms with E-state index in [0.717, 1.165) is 16.1 Å². The minimum absolute atomic E-state index is 0. The second-order valence-corrected chi connectivity index (χ2v) is 10.1. The highest BCUT2D eigenvalue weighted by Gasteiger charge is 2.47. The molecule has 6 nitrogen and oxygen atoms in total. The van der Waals surface area contributed by atoms with Gasteiger partial charge in [0.15, 0.2) is 0 Å². The molecule has 0 atom stereocenters. The van der Waals surface area contributed by atoms with Crippen LogP contribution in [0.1, 0.15) is 5.56 Å². The quantitative estimate of drug-likeness (QED) is 0.563. The molecule has 0 aliphatic rings. The number of alkyl halides is 3. The van der Waals surface area contributed by atoms with Crippen LogP contribution in [-0.4, -0.2) is 33.4 Å². The molecule has 0 spiro atoms. The average Bonchev–Trinajstić information content (AvgIpc) is 3.13. The summed E-state index contributed by atoms with van der Waals surface area (Å²) in [6.07, 6.45) is 1.35. The highest BCUT2D eigenvalue weighted by molar-refractivity contribution is 7.92. The Morgan fingerprint density at radius 1 is 0.903 bits per heavy atom. The van der Waals surface area contributed by atoms with Gasteiger partial charge < -0.3 is 5.32 Å². The van der Waals surface area contributed by atoms with Crippen molar-refractivity contribution in [1.82, 2.24) is 9.29 Å². The Hall–Kier alpha value is -2.34.